The lowest BCUT2D eigenvalue weighted by Gasteiger charge is -2.17. The number of esters is 1. The van der Waals surface area contributed by atoms with E-state index >= 15 is 0 Å². The van der Waals surface area contributed by atoms with Gasteiger partial charge in [-0.25, -0.2) is 9.59 Å². The second-order valence-corrected chi connectivity index (χ2v) is 3.57. The van der Waals surface area contributed by atoms with E-state index < -0.39 is 18.2 Å². The summed E-state index contributed by atoms with van der Waals surface area (Å²) >= 11 is 0. The molecule has 0 aliphatic rings. The van der Waals surface area contributed by atoms with Crippen LogP contribution in [-0.4, -0.2) is 30.8 Å². The van der Waals surface area contributed by atoms with Crippen molar-refractivity contribution < 1.29 is 19.1 Å². The van der Waals surface area contributed by atoms with Crippen LogP contribution in [0, 0.1) is 0 Å². The van der Waals surface area contributed by atoms with Crippen LogP contribution in [0.4, 0.5) is 4.79 Å². The number of carbonyl (C=O) groups is 2. The maximum atomic E-state index is 11.2. The van der Waals surface area contributed by atoms with Crippen molar-refractivity contribution in [2.45, 2.75) is 39.3 Å². The normalized spacial score (nSPS) is 11.8. The van der Waals surface area contributed by atoms with E-state index in [-0.39, 0.29) is 12.6 Å². The molecule has 5 heteroatoms. The van der Waals surface area contributed by atoms with Crippen LogP contribution in [0.25, 0.3) is 0 Å². The molecule has 16 heavy (non-hydrogen) atoms. The molecule has 1 amide bonds. The Morgan fingerprint density at radius 2 is 2.06 bits per heavy atom. The summed E-state index contributed by atoms with van der Waals surface area (Å²) in [6.07, 6.45) is 0.718. The fraction of sp³-hybridized carbons (Fsp3) is 0.636. The first-order valence-electron chi connectivity index (χ1n) is 5.25. The number of amides is 1. The molecule has 0 aromatic carbocycles. The summed E-state index contributed by atoms with van der Waals surface area (Å²) < 4.78 is 9.83. The van der Waals surface area contributed by atoms with Gasteiger partial charge in [-0.15, -0.1) is 0 Å². The monoisotopic (exact) mass is 229 g/mol. The molecule has 0 saturated heterocycles. The maximum absolute atomic E-state index is 11.2. The molecule has 0 bridgehead atoms. The lowest BCUT2D eigenvalue weighted by molar-refractivity contribution is -0.140. The van der Waals surface area contributed by atoms with E-state index in [0.29, 0.717) is 6.42 Å². The molecule has 0 heterocycles. The van der Waals surface area contributed by atoms with E-state index in [1.807, 2.05) is 20.8 Å². The van der Waals surface area contributed by atoms with Gasteiger partial charge in [0.05, 0.1) is 0 Å². The molecular formula is C11H19NO4. The average Bonchev–Trinajstić information content (AvgIpc) is 2.22. The lowest BCUT2D eigenvalue weighted by Crippen LogP contribution is -2.35. The number of hydrogen-bond acceptors (Lipinski definition) is 4. The molecule has 0 aromatic rings. The van der Waals surface area contributed by atoms with E-state index in [2.05, 4.69) is 11.9 Å². The number of rotatable bonds is 6. The Morgan fingerprint density at radius 1 is 1.44 bits per heavy atom. The van der Waals surface area contributed by atoms with Crippen molar-refractivity contribution in [3.8, 4) is 0 Å². The Bertz CT molecular complexity index is 250. The Hall–Kier alpha value is -1.52. The van der Waals surface area contributed by atoms with E-state index in [0.717, 1.165) is 6.08 Å². The minimum atomic E-state index is -0.522. The topological polar surface area (TPSA) is 64.6 Å². The molecule has 0 saturated carbocycles. The fourth-order valence-corrected chi connectivity index (χ4v) is 0.890. The third-order valence-corrected chi connectivity index (χ3v) is 1.71. The first-order valence-corrected chi connectivity index (χ1v) is 5.25. The summed E-state index contributed by atoms with van der Waals surface area (Å²) in [5.41, 5.74) is 0. The highest BCUT2D eigenvalue weighted by Gasteiger charge is 2.14. The standard InChI is InChI=1S/C11H19NO4/c1-5-9(7-15-10(13)6-2)16-11(14)12-8(3)4/h6,8-9H,2,5,7H2,1,3-4H3,(H,12,14). The molecule has 92 valence electrons. The molecule has 0 rings (SSSR count). The van der Waals surface area contributed by atoms with Gasteiger partial charge < -0.3 is 14.8 Å². The summed E-state index contributed by atoms with van der Waals surface area (Å²) in [6.45, 7) is 8.83. The Labute approximate surface area is 95.8 Å². The van der Waals surface area contributed by atoms with Crippen LogP contribution in [0.15, 0.2) is 12.7 Å². The highest BCUT2D eigenvalue weighted by atomic mass is 16.6. The van der Waals surface area contributed by atoms with Crippen molar-refractivity contribution in [1.29, 1.82) is 0 Å². The summed E-state index contributed by atoms with van der Waals surface area (Å²) in [5, 5.41) is 2.59. The smallest absolute Gasteiger partial charge is 0.407 e. The van der Waals surface area contributed by atoms with Gasteiger partial charge in [-0.05, 0) is 20.3 Å². The molecule has 1 N–H and O–H groups in total. The van der Waals surface area contributed by atoms with Crippen LogP contribution in [0.1, 0.15) is 27.2 Å². The number of carbonyl (C=O) groups excluding carboxylic acids is 2. The second kappa shape index (κ2) is 7.73. The summed E-state index contributed by atoms with van der Waals surface area (Å²) in [7, 11) is 0. The molecule has 5 nitrogen and oxygen atoms in total. The number of alkyl carbamates (subject to hydrolysis) is 1. The molecule has 0 aliphatic heterocycles. The zero-order chi connectivity index (χ0) is 12.6. The molecule has 0 fully saturated rings. The van der Waals surface area contributed by atoms with Crippen LogP contribution in [0.2, 0.25) is 0 Å². The number of nitrogens with one attached hydrogen (secondary N) is 1. The summed E-state index contributed by atoms with van der Waals surface area (Å²) in [5.74, 6) is -0.522. The van der Waals surface area contributed by atoms with Gasteiger partial charge in [0.25, 0.3) is 0 Å². The number of ether oxygens (including phenoxy) is 2. The highest BCUT2D eigenvalue weighted by molar-refractivity contribution is 5.81. The third-order valence-electron chi connectivity index (χ3n) is 1.71. The summed E-state index contributed by atoms with van der Waals surface area (Å²) in [4.78, 5) is 22.0. The maximum Gasteiger partial charge on any atom is 0.407 e. The van der Waals surface area contributed by atoms with Crippen molar-refractivity contribution in [3.05, 3.63) is 12.7 Å². The van der Waals surface area contributed by atoms with E-state index in [4.69, 9.17) is 9.47 Å². The van der Waals surface area contributed by atoms with Gasteiger partial charge in [0.2, 0.25) is 0 Å². The summed E-state index contributed by atoms with van der Waals surface area (Å²) in [6, 6.07) is 0.0146. The number of hydrogen-bond donors (Lipinski definition) is 1. The van der Waals surface area contributed by atoms with E-state index in [1.165, 1.54) is 0 Å². The average molecular weight is 229 g/mol. The largest absolute Gasteiger partial charge is 0.459 e. The first kappa shape index (κ1) is 14.5. The van der Waals surface area contributed by atoms with E-state index in [9.17, 15) is 9.59 Å². The SMILES string of the molecule is C=CC(=O)OCC(CC)OC(=O)NC(C)C. The Kier molecular flexibility index (Phi) is 7.00. The van der Waals surface area contributed by atoms with Crippen molar-refractivity contribution in [1.82, 2.24) is 5.32 Å². The van der Waals surface area contributed by atoms with Crippen LogP contribution in [0.3, 0.4) is 0 Å². The van der Waals surface area contributed by atoms with Gasteiger partial charge in [0.1, 0.15) is 12.7 Å². The van der Waals surface area contributed by atoms with Crippen molar-refractivity contribution >= 4 is 12.1 Å². The van der Waals surface area contributed by atoms with E-state index in [1.54, 1.807) is 0 Å². The quantitative estimate of drug-likeness (QED) is 0.555. The molecule has 1 unspecified atom stereocenters. The Balaban J connectivity index is 3.95. The second-order valence-electron chi connectivity index (χ2n) is 3.57. The molecular weight excluding hydrogens is 210 g/mol. The minimum absolute atomic E-state index is 0.0146. The van der Waals surface area contributed by atoms with Crippen LogP contribution in [0.5, 0.6) is 0 Å². The van der Waals surface area contributed by atoms with Crippen molar-refractivity contribution in [3.63, 3.8) is 0 Å². The zero-order valence-electron chi connectivity index (χ0n) is 9.99. The predicted molar refractivity (Wildman–Crippen MR) is 60.0 cm³/mol. The molecule has 0 radical (unpaired) electrons. The van der Waals surface area contributed by atoms with Crippen molar-refractivity contribution in [2.24, 2.45) is 0 Å². The third kappa shape index (κ3) is 6.86. The van der Waals surface area contributed by atoms with Crippen molar-refractivity contribution in [2.75, 3.05) is 6.61 Å². The molecule has 1 atom stereocenters. The van der Waals surface area contributed by atoms with Gasteiger partial charge >= 0.3 is 12.1 Å². The molecule has 0 aromatic heterocycles. The fourth-order valence-electron chi connectivity index (χ4n) is 0.890. The minimum Gasteiger partial charge on any atom is -0.459 e. The molecule has 0 aliphatic carbocycles. The van der Waals surface area contributed by atoms with Crippen LogP contribution in [-0.2, 0) is 14.3 Å². The first-order chi connectivity index (χ1) is 7.49. The van der Waals surface area contributed by atoms with Gasteiger partial charge in [-0.3, -0.25) is 0 Å². The molecule has 0 spiro atoms. The zero-order valence-corrected chi connectivity index (χ0v) is 9.99. The van der Waals surface area contributed by atoms with Gasteiger partial charge in [0.15, 0.2) is 0 Å². The highest BCUT2D eigenvalue weighted by Crippen LogP contribution is 2.00. The predicted octanol–water partition coefficient (Wildman–Crippen LogP) is 1.63. The Morgan fingerprint density at radius 3 is 2.50 bits per heavy atom. The van der Waals surface area contributed by atoms with Gasteiger partial charge in [0, 0.05) is 12.1 Å². The van der Waals surface area contributed by atoms with Gasteiger partial charge in [-0.2, -0.15) is 0 Å². The van der Waals surface area contributed by atoms with Crippen LogP contribution < -0.4 is 5.32 Å². The van der Waals surface area contributed by atoms with Gasteiger partial charge in [-0.1, -0.05) is 13.5 Å². The van der Waals surface area contributed by atoms with Crippen LogP contribution >= 0.6 is 0 Å². The lowest BCUT2D eigenvalue weighted by atomic mass is 10.3.